The summed E-state index contributed by atoms with van der Waals surface area (Å²) in [5, 5.41) is 7.74. The summed E-state index contributed by atoms with van der Waals surface area (Å²) in [5.41, 5.74) is 0.440. The minimum Gasteiger partial charge on any atom is -0.314 e. The third kappa shape index (κ3) is 2.26. The SMILES string of the molecule is CCCNC(C)C1(Cc2ncnn2C)CC1. The maximum Gasteiger partial charge on any atom is 0.138 e. The van der Waals surface area contributed by atoms with Crippen LogP contribution in [0.5, 0.6) is 0 Å². The Kier molecular flexibility index (Phi) is 3.28. The van der Waals surface area contributed by atoms with E-state index >= 15 is 0 Å². The molecule has 4 nitrogen and oxygen atoms in total. The van der Waals surface area contributed by atoms with E-state index in [0.717, 1.165) is 18.8 Å². The highest BCUT2D eigenvalue weighted by Gasteiger charge is 2.47. The number of aryl methyl sites for hydroxylation is 1. The Bertz CT molecular complexity index is 341. The van der Waals surface area contributed by atoms with E-state index < -0.39 is 0 Å². The molecule has 1 aliphatic rings. The molecule has 0 aromatic carbocycles. The van der Waals surface area contributed by atoms with Gasteiger partial charge in [0.2, 0.25) is 0 Å². The molecule has 0 aliphatic heterocycles. The van der Waals surface area contributed by atoms with E-state index in [9.17, 15) is 0 Å². The first-order chi connectivity index (χ1) is 7.68. The van der Waals surface area contributed by atoms with Crippen molar-refractivity contribution in [2.24, 2.45) is 12.5 Å². The molecule has 90 valence electrons. The zero-order chi connectivity index (χ0) is 11.6. The Morgan fingerprint density at radius 1 is 1.56 bits per heavy atom. The molecule has 0 amide bonds. The standard InChI is InChI=1S/C12H22N4/c1-4-7-13-10(2)12(5-6-12)8-11-14-9-15-16(11)3/h9-10,13H,4-8H2,1-3H3. The third-order valence-corrected chi connectivity index (χ3v) is 3.83. The van der Waals surface area contributed by atoms with Crippen LogP contribution in [0.3, 0.4) is 0 Å². The molecule has 1 unspecified atom stereocenters. The molecule has 4 heteroatoms. The van der Waals surface area contributed by atoms with Crippen molar-refractivity contribution in [2.45, 2.75) is 45.6 Å². The summed E-state index contributed by atoms with van der Waals surface area (Å²) in [6.45, 7) is 5.63. The topological polar surface area (TPSA) is 42.7 Å². The predicted molar refractivity (Wildman–Crippen MR) is 64.1 cm³/mol. The maximum absolute atomic E-state index is 4.33. The summed E-state index contributed by atoms with van der Waals surface area (Å²) in [6, 6.07) is 0.587. The molecule has 1 aromatic rings. The zero-order valence-corrected chi connectivity index (χ0v) is 10.5. The Hall–Kier alpha value is -0.900. The maximum atomic E-state index is 4.33. The molecular formula is C12H22N4. The van der Waals surface area contributed by atoms with E-state index in [2.05, 4.69) is 29.2 Å². The average molecular weight is 222 g/mol. The lowest BCUT2D eigenvalue weighted by molar-refractivity contribution is 0.340. The van der Waals surface area contributed by atoms with E-state index in [4.69, 9.17) is 0 Å². The van der Waals surface area contributed by atoms with E-state index in [-0.39, 0.29) is 0 Å². The Morgan fingerprint density at radius 2 is 2.31 bits per heavy atom. The number of hydrogen-bond donors (Lipinski definition) is 1. The summed E-state index contributed by atoms with van der Waals surface area (Å²) in [4.78, 5) is 4.33. The molecule has 1 heterocycles. The average Bonchev–Trinajstić information content (AvgIpc) is 2.95. The summed E-state index contributed by atoms with van der Waals surface area (Å²) in [7, 11) is 1.97. The van der Waals surface area contributed by atoms with Crippen molar-refractivity contribution >= 4 is 0 Å². The second kappa shape index (κ2) is 4.53. The van der Waals surface area contributed by atoms with Crippen LogP contribution in [0.4, 0.5) is 0 Å². The first-order valence-electron chi connectivity index (χ1n) is 6.24. The van der Waals surface area contributed by atoms with Crippen LogP contribution in [0.15, 0.2) is 6.33 Å². The summed E-state index contributed by atoms with van der Waals surface area (Å²) in [5.74, 6) is 1.11. The number of nitrogens with zero attached hydrogens (tertiary/aromatic N) is 3. The van der Waals surface area contributed by atoms with Gasteiger partial charge >= 0.3 is 0 Å². The van der Waals surface area contributed by atoms with Gasteiger partial charge in [0.15, 0.2) is 0 Å². The Balaban J connectivity index is 1.95. The highest BCUT2D eigenvalue weighted by molar-refractivity contribution is 5.06. The number of nitrogens with one attached hydrogen (secondary N) is 1. The van der Waals surface area contributed by atoms with Crippen molar-refractivity contribution in [3.05, 3.63) is 12.2 Å². The van der Waals surface area contributed by atoms with Crippen LogP contribution < -0.4 is 5.32 Å². The molecule has 1 N–H and O–H groups in total. The second-order valence-electron chi connectivity index (χ2n) is 5.01. The van der Waals surface area contributed by atoms with Crippen LogP contribution in [0.25, 0.3) is 0 Å². The van der Waals surface area contributed by atoms with E-state index in [1.165, 1.54) is 19.3 Å². The molecule has 0 radical (unpaired) electrons. The van der Waals surface area contributed by atoms with Gasteiger partial charge in [-0.05, 0) is 38.1 Å². The van der Waals surface area contributed by atoms with Gasteiger partial charge < -0.3 is 5.32 Å². The molecule has 1 atom stereocenters. The lowest BCUT2D eigenvalue weighted by Gasteiger charge is -2.24. The molecular weight excluding hydrogens is 200 g/mol. The van der Waals surface area contributed by atoms with Gasteiger partial charge in [-0.1, -0.05) is 6.92 Å². The fourth-order valence-corrected chi connectivity index (χ4v) is 2.30. The summed E-state index contributed by atoms with van der Waals surface area (Å²) >= 11 is 0. The largest absolute Gasteiger partial charge is 0.314 e. The van der Waals surface area contributed by atoms with Gasteiger partial charge in [0, 0.05) is 19.5 Å². The summed E-state index contributed by atoms with van der Waals surface area (Å²) in [6.07, 6.45) is 6.54. The van der Waals surface area contributed by atoms with Crippen LogP contribution >= 0.6 is 0 Å². The van der Waals surface area contributed by atoms with Gasteiger partial charge in [-0.3, -0.25) is 4.68 Å². The number of aromatic nitrogens is 3. The van der Waals surface area contributed by atoms with Crippen molar-refractivity contribution in [3.63, 3.8) is 0 Å². The first kappa shape index (κ1) is 11.6. The molecule has 1 fully saturated rings. The minimum atomic E-state index is 0.440. The quantitative estimate of drug-likeness (QED) is 0.793. The fourth-order valence-electron chi connectivity index (χ4n) is 2.30. The Morgan fingerprint density at radius 3 is 2.81 bits per heavy atom. The highest BCUT2D eigenvalue weighted by Crippen LogP contribution is 2.50. The monoisotopic (exact) mass is 222 g/mol. The molecule has 2 rings (SSSR count). The lowest BCUT2D eigenvalue weighted by Crippen LogP contribution is -2.37. The zero-order valence-electron chi connectivity index (χ0n) is 10.5. The van der Waals surface area contributed by atoms with Crippen LogP contribution in [0.1, 0.15) is 38.9 Å². The molecule has 1 saturated carbocycles. The molecule has 16 heavy (non-hydrogen) atoms. The number of hydrogen-bond acceptors (Lipinski definition) is 3. The first-order valence-corrected chi connectivity index (χ1v) is 6.24. The van der Waals surface area contributed by atoms with Crippen molar-refractivity contribution in [1.82, 2.24) is 20.1 Å². The van der Waals surface area contributed by atoms with Crippen LogP contribution in [0, 0.1) is 5.41 Å². The molecule has 1 aliphatic carbocycles. The van der Waals surface area contributed by atoms with Gasteiger partial charge in [-0.15, -0.1) is 0 Å². The van der Waals surface area contributed by atoms with Crippen molar-refractivity contribution in [2.75, 3.05) is 6.54 Å². The fraction of sp³-hybridized carbons (Fsp3) is 0.833. The van der Waals surface area contributed by atoms with Gasteiger partial charge in [0.1, 0.15) is 12.2 Å². The lowest BCUT2D eigenvalue weighted by atomic mass is 9.93. The minimum absolute atomic E-state index is 0.440. The number of rotatable bonds is 6. The smallest absolute Gasteiger partial charge is 0.138 e. The predicted octanol–water partition coefficient (Wildman–Crippen LogP) is 1.53. The molecule has 0 saturated heterocycles. The summed E-state index contributed by atoms with van der Waals surface area (Å²) < 4.78 is 1.90. The highest BCUT2D eigenvalue weighted by atomic mass is 15.3. The molecule has 1 aromatic heterocycles. The van der Waals surface area contributed by atoms with Crippen molar-refractivity contribution in [1.29, 1.82) is 0 Å². The molecule has 0 bridgehead atoms. The van der Waals surface area contributed by atoms with Crippen LogP contribution in [-0.4, -0.2) is 27.4 Å². The van der Waals surface area contributed by atoms with E-state index in [1.807, 2.05) is 11.7 Å². The van der Waals surface area contributed by atoms with E-state index in [1.54, 1.807) is 6.33 Å². The van der Waals surface area contributed by atoms with Crippen LogP contribution in [0.2, 0.25) is 0 Å². The van der Waals surface area contributed by atoms with Crippen molar-refractivity contribution < 1.29 is 0 Å². The normalized spacial score (nSPS) is 19.7. The van der Waals surface area contributed by atoms with Crippen molar-refractivity contribution in [3.8, 4) is 0 Å². The second-order valence-corrected chi connectivity index (χ2v) is 5.01. The van der Waals surface area contributed by atoms with E-state index in [0.29, 0.717) is 11.5 Å². The third-order valence-electron chi connectivity index (χ3n) is 3.83. The van der Waals surface area contributed by atoms with Gasteiger partial charge in [0.05, 0.1) is 0 Å². The van der Waals surface area contributed by atoms with Crippen LogP contribution in [-0.2, 0) is 13.5 Å². The Labute approximate surface area is 97.5 Å². The molecule has 0 spiro atoms. The van der Waals surface area contributed by atoms with Gasteiger partial charge in [-0.25, -0.2) is 4.98 Å². The van der Waals surface area contributed by atoms with Gasteiger partial charge in [-0.2, -0.15) is 5.10 Å². The van der Waals surface area contributed by atoms with Gasteiger partial charge in [0.25, 0.3) is 0 Å².